The van der Waals surface area contributed by atoms with E-state index in [9.17, 15) is 5.11 Å². The number of hydrogen-bond donors (Lipinski definition) is 2. The van der Waals surface area contributed by atoms with E-state index in [2.05, 4.69) is 35.3 Å². The Morgan fingerprint density at radius 3 is 2.58 bits per heavy atom. The summed E-state index contributed by atoms with van der Waals surface area (Å²) in [6, 6.07) is 15.4. The maximum absolute atomic E-state index is 9.74. The molecule has 3 aromatic rings. The van der Waals surface area contributed by atoms with Crippen LogP contribution in [0.25, 0.3) is 11.3 Å². The van der Waals surface area contributed by atoms with E-state index in [0.29, 0.717) is 36.5 Å². The van der Waals surface area contributed by atoms with Crippen molar-refractivity contribution in [3.63, 3.8) is 0 Å². The molecule has 174 valence electrons. The summed E-state index contributed by atoms with van der Waals surface area (Å²) in [5.41, 5.74) is 9.16. The van der Waals surface area contributed by atoms with Gasteiger partial charge in [-0.3, -0.25) is 4.99 Å². The monoisotopic (exact) mass is 484 g/mol. The van der Waals surface area contributed by atoms with E-state index in [0.717, 1.165) is 28.7 Å². The van der Waals surface area contributed by atoms with E-state index >= 15 is 0 Å². The average molecular weight is 485 g/mol. The predicted molar refractivity (Wildman–Crippen MR) is 137 cm³/mol. The number of hydroxylamine groups is 1. The van der Waals surface area contributed by atoms with Crippen LogP contribution >= 0.6 is 11.6 Å². The molecule has 1 aromatic heterocycles. The van der Waals surface area contributed by atoms with Gasteiger partial charge in [-0.15, -0.1) is 0 Å². The number of ether oxygens (including phenoxy) is 1. The number of aliphatic imine (C=N–C) groups is 1. The normalized spacial score (nSPS) is 13.3. The lowest BCUT2D eigenvalue weighted by Gasteiger charge is -2.27. The van der Waals surface area contributed by atoms with Crippen LogP contribution in [0.4, 0.5) is 11.5 Å². The van der Waals surface area contributed by atoms with Gasteiger partial charge >= 0.3 is 0 Å². The quantitative estimate of drug-likeness (QED) is 0.247. The number of aromatic hydroxyl groups is 1. The Balaban J connectivity index is 1.68. The molecule has 33 heavy (non-hydrogen) atoms. The highest BCUT2D eigenvalue weighted by Gasteiger charge is 2.25. The number of aromatic nitrogens is 1. The Labute approximate surface area is 200 Å². The van der Waals surface area contributed by atoms with Crippen LogP contribution < -0.4 is 15.6 Å². The fourth-order valence-corrected chi connectivity index (χ4v) is 4.44. The van der Waals surface area contributed by atoms with Crippen molar-refractivity contribution in [2.24, 2.45) is 4.99 Å². The van der Waals surface area contributed by atoms with Crippen LogP contribution in [-0.2, 0) is 11.5 Å². The smallest absolute Gasteiger partial charge is 0.157 e. The summed E-state index contributed by atoms with van der Waals surface area (Å²) in [7, 11) is -1.21. The highest BCUT2D eigenvalue weighted by molar-refractivity contribution is 6.76. The summed E-state index contributed by atoms with van der Waals surface area (Å²) in [5.74, 6) is 1.63. The molecule has 4 rings (SSSR count). The van der Waals surface area contributed by atoms with Crippen molar-refractivity contribution in [1.29, 1.82) is 0 Å². The Bertz CT molecular complexity index is 1160. The van der Waals surface area contributed by atoms with Crippen LogP contribution in [0.5, 0.6) is 11.5 Å². The van der Waals surface area contributed by atoms with E-state index in [4.69, 9.17) is 26.9 Å². The average Bonchev–Trinajstić information content (AvgIpc) is 3.13. The second-order valence-electron chi connectivity index (χ2n) is 9.24. The lowest BCUT2D eigenvalue weighted by Crippen LogP contribution is -2.33. The lowest BCUT2D eigenvalue weighted by atomic mass is 10.1. The van der Waals surface area contributed by atoms with Gasteiger partial charge in [-0.1, -0.05) is 31.2 Å². The van der Waals surface area contributed by atoms with E-state index in [1.807, 2.05) is 18.3 Å². The molecule has 0 radical (unpaired) electrons. The maximum atomic E-state index is 9.74. The molecule has 7 nitrogen and oxygen atoms in total. The van der Waals surface area contributed by atoms with Gasteiger partial charge in [0.05, 0.1) is 16.4 Å². The summed E-state index contributed by atoms with van der Waals surface area (Å²) < 4.78 is 8.20. The molecule has 0 saturated carbocycles. The fraction of sp³-hybridized carbons (Fsp3) is 0.292. The largest absolute Gasteiger partial charge is 0.508 e. The molecular weight excluding hydrogens is 456 g/mol. The van der Waals surface area contributed by atoms with Gasteiger partial charge in [-0.2, -0.15) is 5.06 Å². The van der Waals surface area contributed by atoms with Crippen LogP contribution in [0.3, 0.4) is 0 Å². The second kappa shape index (κ2) is 9.50. The standard InChI is InChI=1S/C24H29ClN4O3Si/c1-33(2,3)11-10-31-16-28-23(17-4-6-19(30)7-5-17)12-18-14-27-15-29(24(18)28)32-20-8-9-22(26)21(25)13-20/h4-9,12-14,30H,10-11,15-16,26H2,1-3H3. The first-order valence-electron chi connectivity index (χ1n) is 10.8. The molecule has 1 aliphatic rings. The number of rotatable bonds is 8. The molecule has 9 heteroatoms. The number of benzene rings is 2. The number of anilines is 2. The molecule has 2 heterocycles. The molecule has 1 aliphatic heterocycles. The van der Waals surface area contributed by atoms with Crippen molar-refractivity contribution >= 4 is 37.4 Å². The third kappa shape index (κ3) is 5.52. The molecule has 0 bridgehead atoms. The van der Waals surface area contributed by atoms with Crippen molar-refractivity contribution < 1.29 is 14.7 Å². The minimum Gasteiger partial charge on any atom is -0.508 e. The third-order valence-electron chi connectivity index (χ3n) is 5.34. The van der Waals surface area contributed by atoms with E-state index in [1.54, 1.807) is 35.4 Å². The Morgan fingerprint density at radius 2 is 1.88 bits per heavy atom. The van der Waals surface area contributed by atoms with Gasteiger partial charge in [0.1, 0.15) is 19.1 Å². The van der Waals surface area contributed by atoms with Crippen LogP contribution in [0.2, 0.25) is 30.7 Å². The minimum absolute atomic E-state index is 0.222. The molecule has 0 spiro atoms. The Hall–Kier alpha value is -2.94. The van der Waals surface area contributed by atoms with Crippen molar-refractivity contribution in [2.75, 3.05) is 24.1 Å². The molecule has 2 aromatic carbocycles. The second-order valence-corrected chi connectivity index (χ2v) is 15.3. The summed E-state index contributed by atoms with van der Waals surface area (Å²) in [6.07, 6.45) is 1.84. The molecule has 0 atom stereocenters. The SMILES string of the molecule is C[Si](C)(C)CCOCn1c(-c2ccc(O)cc2)cc2c1N(Oc1ccc(N)c(Cl)c1)CN=C2. The van der Waals surface area contributed by atoms with Gasteiger partial charge in [0.25, 0.3) is 0 Å². The number of nitrogens with two attached hydrogens (primary N) is 1. The van der Waals surface area contributed by atoms with Gasteiger partial charge in [-0.25, -0.2) is 0 Å². The number of hydrogen-bond acceptors (Lipinski definition) is 6. The first kappa shape index (κ1) is 23.2. The lowest BCUT2D eigenvalue weighted by molar-refractivity contribution is 0.0872. The number of phenols is 1. The van der Waals surface area contributed by atoms with Crippen LogP contribution in [0, 0.1) is 0 Å². The van der Waals surface area contributed by atoms with Crippen LogP contribution in [0.15, 0.2) is 53.5 Å². The summed E-state index contributed by atoms with van der Waals surface area (Å²) in [4.78, 5) is 10.6. The number of fused-ring (bicyclic) bond motifs is 1. The molecule has 0 fully saturated rings. The van der Waals surface area contributed by atoms with E-state index < -0.39 is 8.07 Å². The minimum atomic E-state index is -1.21. The topological polar surface area (TPSA) is 85.2 Å². The first-order chi connectivity index (χ1) is 15.7. The highest BCUT2D eigenvalue weighted by atomic mass is 35.5. The molecule has 3 N–H and O–H groups in total. The van der Waals surface area contributed by atoms with Crippen molar-refractivity contribution in [3.05, 3.63) is 59.1 Å². The highest BCUT2D eigenvalue weighted by Crippen LogP contribution is 2.35. The fourth-order valence-electron chi connectivity index (χ4n) is 3.51. The van der Waals surface area contributed by atoms with Crippen molar-refractivity contribution in [1.82, 2.24) is 4.57 Å². The van der Waals surface area contributed by atoms with Gasteiger partial charge in [0.15, 0.2) is 11.6 Å². The number of nitrogen functional groups attached to an aromatic ring is 1. The van der Waals surface area contributed by atoms with E-state index in [-0.39, 0.29) is 5.75 Å². The maximum Gasteiger partial charge on any atom is 0.157 e. The van der Waals surface area contributed by atoms with Gasteiger partial charge in [0, 0.05) is 32.5 Å². The summed E-state index contributed by atoms with van der Waals surface area (Å²) in [6.45, 7) is 8.38. The third-order valence-corrected chi connectivity index (χ3v) is 7.37. The summed E-state index contributed by atoms with van der Waals surface area (Å²) >= 11 is 6.19. The van der Waals surface area contributed by atoms with Crippen molar-refractivity contribution in [3.8, 4) is 22.8 Å². The molecule has 0 saturated heterocycles. The number of phenolic OH excluding ortho intramolecular Hbond substituents is 1. The van der Waals surface area contributed by atoms with Gasteiger partial charge < -0.3 is 25.0 Å². The zero-order valence-corrected chi connectivity index (χ0v) is 20.8. The Morgan fingerprint density at radius 1 is 1.12 bits per heavy atom. The zero-order valence-electron chi connectivity index (χ0n) is 19.1. The van der Waals surface area contributed by atoms with Gasteiger partial charge in [-0.05, 0) is 54.1 Å². The molecule has 0 unspecified atom stereocenters. The van der Waals surface area contributed by atoms with Crippen LogP contribution in [-0.4, -0.2) is 37.2 Å². The number of nitrogens with zero attached hydrogens (tertiary/aromatic N) is 3. The molecule has 0 amide bonds. The predicted octanol–water partition coefficient (Wildman–Crippen LogP) is 5.60. The zero-order chi connectivity index (χ0) is 23.6. The van der Waals surface area contributed by atoms with Crippen LogP contribution in [0.1, 0.15) is 5.56 Å². The van der Waals surface area contributed by atoms with Crippen molar-refractivity contribution in [2.45, 2.75) is 32.4 Å². The Kier molecular flexibility index (Phi) is 6.69. The first-order valence-corrected chi connectivity index (χ1v) is 14.9. The molecular formula is C24H29ClN4O3Si. The summed E-state index contributed by atoms with van der Waals surface area (Å²) in [5, 5.41) is 11.9. The number of halogens is 1. The molecule has 0 aliphatic carbocycles. The van der Waals surface area contributed by atoms with Gasteiger partial charge in [0.2, 0.25) is 0 Å². The van der Waals surface area contributed by atoms with E-state index in [1.165, 1.54) is 0 Å².